The number of rotatable bonds is 5. The van der Waals surface area contributed by atoms with E-state index >= 15 is 0 Å². The molecule has 5 nitrogen and oxygen atoms in total. The second-order valence-corrected chi connectivity index (χ2v) is 5.29. The Morgan fingerprint density at radius 3 is 2.65 bits per heavy atom. The van der Waals surface area contributed by atoms with Crippen molar-refractivity contribution in [3.8, 4) is 0 Å². The summed E-state index contributed by atoms with van der Waals surface area (Å²) in [4.78, 5) is 11.4. The van der Waals surface area contributed by atoms with Crippen LogP contribution in [0.2, 0.25) is 0 Å². The van der Waals surface area contributed by atoms with Crippen LogP contribution in [-0.2, 0) is 5.75 Å². The summed E-state index contributed by atoms with van der Waals surface area (Å²) in [5.74, 6) is 6.01. The number of nitrogens with two attached hydrogens (primary N) is 1. The van der Waals surface area contributed by atoms with Gasteiger partial charge < -0.3 is 5.43 Å². The maximum atomic E-state index is 11.2. The Kier molecular flexibility index (Phi) is 4.60. The van der Waals surface area contributed by atoms with Crippen LogP contribution in [0, 0.1) is 17.0 Å². The van der Waals surface area contributed by atoms with E-state index in [2.05, 4.69) is 5.43 Å². The first-order valence-electron chi connectivity index (χ1n) is 6.05. The van der Waals surface area contributed by atoms with Crippen LogP contribution in [0.25, 0.3) is 0 Å². The lowest BCUT2D eigenvalue weighted by Crippen LogP contribution is -2.09. The molecule has 0 radical (unpaired) electrons. The number of para-hydroxylation sites is 1. The first-order chi connectivity index (χ1) is 9.63. The Labute approximate surface area is 121 Å². The predicted molar refractivity (Wildman–Crippen MR) is 81.6 cm³/mol. The van der Waals surface area contributed by atoms with Crippen LogP contribution in [0.1, 0.15) is 11.1 Å². The average molecular weight is 289 g/mol. The number of nitrogens with zero attached hydrogens (tertiary/aromatic N) is 1. The second-order valence-electron chi connectivity index (χ2n) is 4.27. The topological polar surface area (TPSA) is 81.2 Å². The molecular weight excluding hydrogens is 274 g/mol. The Balaban J connectivity index is 2.26. The maximum absolute atomic E-state index is 11.2. The molecule has 6 heteroatoms. The second kappa shape index (κ2) is 6.40. The number of nitrogen functional groups attached to an aromatic ring is 1. The number of hydrogen-bond acceptors (Lipinski definition) is 5. The lowest BCUT2D eigenvalue weighted by atomic mass is 10.1. The molecule has 0 atom stereocenters. The molecule has 2 aromatic carbocycles. The third kappa shape index (κ3) is 3.09. The molecule has 3 N–H and O–H groups in total. The van der Waals surface area contributed by atoms with Gasteiger partial charge in [0.25, 0.3) is 0 Å². The molecule has 0 fully saturated rings. The first kappa shape index (κ1) is 14.4. The van der Waals surface area contributed by atoms with Crippen LogP contribution in [0.15, 0.2) is 47.4 Å². The fourth-order valence-corrected chi connectivity index (χ4v) is 3.00. The zero-order chi connectivity index (χ0) is 14.5. The number of benzene rings is 2. The number of anilines is 1. The molecule has 0 heterocycles. The predicted octanol–water partition coefficient (Wildman–Crippen LogP) is 3.48. The van der Waals surface area contributed by atoms with Crippen molar-refractivity contribution in [1.29, 1.82) is 0 Å². The van der Waals surface area contributed by atoms with Crippen molar-refractivity contribution >= 4 is 23.1 Å². The van der Waals surface area contributed by atoms with Gasteiger partial charge >= 0.3 is 5.69 Å². The smallest absolute Gasteiger partial charge is 0.307 e. The van der Waals surface area contributed by atoms with Gasteiger partial charge in [-0.25, -0.2) is 0 Å². The third-order valence-corrected chi connectivity index (χ3v) is 4.08. The molecular formula is C14H15N3O2S. The fourth-order valence-electron chi connectivity index (χ4n) is 1.87. The van der Waals surface area contributed by atoms with Crippen molar-refractivity contribution in [1.82, 2.24) is 0 Å². The largest absolute Gasteiger partial charge is 0.318 e. The van der Waals surface area contributed by atoms with Crippen molar-refractivity contribution in [2.45, 2.75) is 17.6 Å². The van der Waals surface area contributed by atoms with Gasteiger partial charge in [-0.1, -0.05) is 30.3 Å². The van der Waals surface area contributed by atoms with Gasteiger partial charge in [-0.15, -0.1) is 11.8 Å². The molecule has 0 aliphatic rings. The molecule has 2 aromatic rings. The average Bonchev–Trinajstić information content (AvgIpc) is 2.45. The van der Waals surface area contributed by atoms with Gasteiger partial charge in [0, 0.05) is 5.75 Å². The summed E-state index contributed by atoms with van der Waals surface area (Å²) in [7, 11) is 0. The number of thioether (sulfide) groups is 1. The van der Waals surface area contributed by atoms with Crippen LogP contribution in [-0.4, -0.2) is 4.92 Å². The maximum Gasteiger partial charge on any atom is 0.307 e. The highest BCUT2D eigenvalue weighted by Crippen LogP contribution is 2.36. The zero-order valence-corrected chi connectivity index (χ0v) is 11.8. The summed E-state index contributed by atoms with van der Waals surface area (Å²) >= 11 is 1.43. The summed E-state index contributed by atoms with van der Waals surface area (Å²) in [6, 6.07) is 13.1. The standard InChI is InChI=1S/C14H15N3O2S/c1-10-5-2-3-6-11(10)9-20-13-8-4-7-12(16-15)14(13)17(18)19/h2-8,16H,9,15H2,1H3. The van der Waals surface area contributed by atoms with Crippen LogP contribution < -0.4 is 11.3 Å². The van der Waals surface area contributed by atoms with Gasteiger partial charge in [0.15, 0.2) is 0 Å². The lowest BCUT2D eigenvalue weighted by molar-refractivity contribution is -0.386. The van der Waals surface area contributed by atoms with E-state index in [9.17, 15) is 10.1 Å². The van der Waals surface area contributed by atoms with E-state index in [0.29, 0.717) is 16.3 Å². The SMILES string of the molecule is Cc1ccccc1CSc1cccc(NN)c1[N+](=O)[O-]. The molecule has 104 valence electrons. The zero-order valence-electron chi connectivity index (χ0n) is 11.0. The normalized spacial score (nSPS) is 10.3. The molecule has 0 aromatic heterocycles. The number of hydrogen-bond donors (Lipinski definition) is 2. The molecule has 0 unspecified atom stereocenters. The van der Waals surface area contributed by atoms with Crippen molar-refractivity contribution in [3.63, 3.8) is 0 Å². The molecule has 0 saturated heterocycles. The highest BCUT2D eigenvalue weighted by Gasteiger charge is 2.19. The van der Waals surface area contributed by atoms with Gasteiger partial charge in [0.2, 0.25) is 0 Å². The Hall–Kier alpha value is -2.05. The van der Waals surface area contributed by atoms with E-state index in [-0.39, 0.29) is 5.69 Å². The van der Waals surface area contributed by atoms with Crippen molar-refractivity contribution in [3.05, 3.63) is 63.7 Å². The number of hydrazine groups is 1. The molecule has 20 heavy (non-hydrogen) atoms. The summed E-state index contributed by atoms with van der Waals surface area (Å²) in [5, 5.41) is 11.2. The molecule has 0 spiro atoms. The third-order valence-electron chi connectivity index (χ3n) is 2.98. The summed E-state index contributed by atoms with van der Waals surface area (Å²) in [5.41, 5.74) is 5.06. The van der Waals surface area contributed by atoms with E-state index in [1.807, 2.05) is 31.2 Å². The Morgan fingerprint density at radius 2 is 2.00 bits per heavy atom. The Morgan fingerprint density at radius 1 is 1.25 bits per heavy atom. The van der Waals surface area contributed by atoms with Crippen molar-refractivity contribution < 1.29 is 4.92 Å². The minimum atomic E-state index is -0.407. The van der Waals surface area contributed by atoms with Gasteiger partial charge in [-0.2, -0.15) is 0 Å². The first-order valence-corrected chi connectivity index (χ1v) is 7.03. The number of aryl methyl sites for hydroxylation is 1. The number of nitro groups is 1. The van der Waals surface area contributed by atoms with Gasteiger partial charge in [-0.05, 0) is 30.2 Å². The lowest BCUT2D eigenvalue weighted by Gasteiger charge is -2.08. The molecule has 0 bridgehead atoms. The van der Waals surface area contributed by atoms with Gasteiger partial charge in [0.05, 0.1) is 9.82 Å². The fraction of sp³-hybridized carbons (Fsp3) is 0.143. The Bertz CT molecular complexity index is 632. The summed E-state index contributed by atoms with van der Waals surface area (Å²) < 4.78 is 0. The van der Waals surface area contributed by atoms with E-state index in [1.54, 1.807) is 18.2 Å². The minimum Gasteiger partial charge on any atom is -0.318 e. The van der Waals surface area contributed by atoms with Gasteiger partial charge in [0.1, 0.15) is 5.69 Å². The minimum absolute atomic E-state index is 0.0218. The van der Waals surface area contributed by atoms with E-state index in [0.717, 1.165) is 5.56 Å². The highest BCUT2D eigenvalue weighted by molar-refractivity contribution is 7.98. The van der Waals surface area contributed by atoms with Crippen LogP contribution in [0.5, 0.6) is 0 Å². The van der Waals surface area contributed by atoms with E-state index in [4.69, 9.17) is 5.84 Å². The molecule has 2 rings (SSSR count). The van der Waals surface area contributed by atoms with Crippen LogP contribution in [0.3, 0.4) is 0 Å². The molecule has 0 amide bonds. The number of nitrogens with one attached hydrogen (secondary N) is 1. The van der Waals surface area contributed by atoms with E-state index < -0.39 is 4.92 Å². The number of nitro benzene ring substituents is 1. The monoisotopic (exact) mass is 289 g/mol. The molecule has 0 aliphatic carbocycles. The van der Waals surface area contributed by atoms with E-state index in [1.165, 1.54) is 17.3 Å². The molecule has 0 aliphatic heterocycles. The summed E-state index contributed by atoms with van der Waals surface area (Å²) in [6.45, 7) is 2.03. The highest BCUT2D eigenvalue weighted by atomic mass is 32.2. The summed E-state index contributed by atoms with van der Waals surface area (Å²) in [6.07, 6.45) is 0. The van der Waals surface area contributed by atoms with Crippen molar-refractivity contribution in [2.24, 2.45) is 5.84 Å². The van der Waals surface area contributed by atoms with Crippen LogP contribution in [0.4, 0.5) is 11.4 Å². The van der Waals surface area contributed by atoms with Gasteiger partial charge in [-0.3, -0.25) is 16.0 Å². The van der Waals surface area contributed by atoms with Crippen LogP contribution >= 0.6 is 11.8 Å². The molecule has 0 saturated carbocycles. The quantitative estimate of drug-likeness (QED) is 0.381. The van der Waals surface area contributed by atoms with Crippen molar-refractivity contribution in [2.75, 3.05) is 5.43 Å².